The summed E-state index contributed by atoms with van der Waals surface area (Å²) in [5.41, 5.74) is 5.49. The zero-order chi connectivity index (χ0) is 12.5. The summed E-state index contributed by atoms with van der Waals surface area (Å²) in [6, 6.07) is 7.11. The molecule has 1 aromatic carbocycles. The third kappa shape index (κ3) is 2.04. The van der Waals surface area contributed by atoms with Gasteiger partial charge < -0.3 is 10.3 Å². The van der Waals surface area contributed by atoms with Crippen LogP contribution >= 0.6 is 11.6 Å². The summed E-state index contributed by atoms with van der Waals surface area (Å²) < 4.78 is 0. The lowest BCUT2D eigenvalue weighted by atomic mass is 9.91. The second-order valence-corrected chi connectivity index (χ2v) is 5.53. The maximum Gasteiger partial charge on any atom is 0.0476 e. The molecule has 0 spiro atoms. The summed E-state index contributed by atoms with van der Waals surface area (Å²) in [6.45, 7) is 3.03. The van der Waals surface area contributed by atoms with Crippen LogP contribution in [0.1, 0.15) is 35.7 Å². The third-order valence-corrected chi connectivity index (χ3v) is 4.04. The zero-order valence-corrected chi connectivity index (χ0v) is 11.5. The lowest BCUT2D eigenvalue weighted by Crippen LogP contribution is -2.26. The number of aromatic amines is 1. The number of hydrogen-bond donors (Lipinski definition) is 2. The molecular formula is C15H19ClN2. The smallest absolute Gasteiger partial charge is 0.0476 e. The molecule has 3 heteroatoms. The van der Waals surface area contributed by atoms with Gasteiger partial charge in [0.1, 0.15) is 0 Å². The molecule has 1 aliphatic rings. The normalized spacial score (nSPS) is 19.1. The highest BCUT2D eigenvalue weighted by atomic mass is 35.5. The van der Waals surface area contributed by atoms with E-state index in [4.69, 9.17) is 11.6 Å². The maximum atomic E-state index is 5.77. The first-order chi connectivity index (χ1) is 8.79. The minimum Gasteiger partial charge on any atom is -0.357 e. The molecule has 1 aliphatic carbocycles. The van der Waals surface area contributed by atoms with Crippen molar-refractivity contribution in [1.82, 2.24) is 10.3 Å². The first-order valence-electron chi connectivity index (χ1n) is 6.70. The highest BCUT2D eigenvalue weighted by molar-refractivity contribution is 6.18. The molecule has 0 bridgehead atoms. The van der Waals surface area contributed by atoms with Crippen molar-refractivity contribution in [3.05, 3.63) is 35.0 Å². The first kappa shape index (κ1) is 12.1. The lowest BCUT2D eigenvalue weighted by molar-refractivity contribution is 0.466. The molecule has 0 radical (unpaired) electrons. The zero-order valence-electron chi connectivity index (χ0n) is 10.7. The van der Waals surface area contributed by atoms with E-state index in [0.29, 0.717) is 11.9 Å². The first-order valence-corrected chi connectivity index (χ1v) is 7.23. The molecule has 18 heavy (non-hydrogen) atoms. The predicted octanol–water partition coefficient (Wildman–Crippen LogP) is 3.68. The van der Waals surface area contributed by atoms with Crippen molar-refractivity contribution in [3.63, 3.8) is 0 Å². The van der Waals surface area contributed by atoms with Crippen LogP contribution < -0.4 is 5.32 Å². The highest BCUT2D eigenvalue weighted by Gasteiger charge is 2.23. The number of hydrogen-bond acceptors (Lipinski definition) is 1. The van der Waals surface area contributed by atoms with Crippen molar-refractivity contribution in [3.8, 4) is 0 Å². The van der Waals surface area contributed by atoms with Gasteiger partial charge in [0.15, 0.2) is 0 Å². The van der Waals surface area contributed by atoms with Crippen molar-refractivity contribution in [2.75, 3.05) is 12.4 Å². The predicted molar refractivity (Wildman–Crippen MR) is 77.4 cm³/mol. The molecule has 2 nitrogen and oxygen atoms in total. The van der Waals surface area contributed by atoms with Gasteiger partial charge in [0.2, 0.25) is 0 Å². The fourth-order valence-electron chi connectivity index (χ4n) is 3.01. The van der Waals surface area contributed by atoms with Crippen molar-refractivity contribution >= 4 is 22.5 Å². The standard InChI is InChI=1S/C15H19ClN2/c1-10-5-6-13-12(9-10)11-3-2-4-14(15(11)18-13)17-8-7-16/h5-6,9,14,17-18H,2-4,7-8H2,1H3/t14-/m0/s1. The van der Waals surface area contributed by atoms with Crippen LogP contribution in [0.4, 0.5) is 0 Å². The summed E-state index contributed by atoms with van der Waals surface area (Å²) in [5, 5.41) is 4.94. The fourth-order valence-corrected chi connectivity index (χ4v) is 3.12. The van der Waals surface area contributed by atoms with E-state index >= 15 is 0 Å². The second-order valence-electron chi connectivity index (χ2n) is 5.15. The number of aryl methyl sites for hydroxylation is 2. The largest absolute Gasteiger partial charge is 0.357 e. The average Bonchev–Trinajstić information content (AvgIpc) is 2.75. The van der Waals surface area contributed by atoms with Gasteiger partial charge in [-0.05, 0) is 43.9 Å². The number of nitrogens with one attached hydrogen (secondary N) is 2. The Bertz CT molecular complexity index is 559. The molecule has 0 aliphatic heterocycles. The molecular weight excluding hydrogens is 244 g/mol. The summed E-state index contributed by atoms with van der Waals surface area (Å²) >= 11 is 5.77. The van der Waals surface area contributed by atoms with E-state index in [1.807, 2.05) is 0 Å². The van der Waals surface area contributed by atoms with Gasteiger partial charge in [-0.2, -0.15) is 0 Å². The van der Waals surface area contributed by atoms with Crippen LogP contribution in [0.15, 0.2) is 18.2 Å². The molecule has 1 atom stereocenters. The van der Waals surface area contributed by atoms with Gasteiger partial charge in [0, 0.05) is 35.1 Å². The third-order valence-electron chi connectivity index (χ3n) is 3.85. The van der Waals surface area contributed by atoms with Crippen LogP contribution in [0.3, 0.4) is 0 Å². The van der Waals surface area contributed by atoms with Gasteiger partial charge in [0.25, 0.3) is 0 Å². The topological polar surface area (TPSA) is 27.8 Å². The molecule has 2 N–H and O–H groups in total. The number of benzene rings is 1. The van der Waals surface area contributed by atoms with Crippen LogP contribution in [-0.4, -0.2) is 17.4 Å². The van der Waals surface area contributed by atoms with Crippen LogP contribution in [0.25, 0.3) is 10.9 Å². The quantitative estimate of drug-likeness (QED) is 0.812. The van der Waals surface area contributed by atoms with E-state index in [9.17, 15) is 0 Å². The molecule has 3 rings (SSSR count). The van der Waals surface area contributed by atoms with E-state index in [1.165, 1.54) is 47.0 Å². The van der Waals surface area contributed by atoms with E-state index in [2.05, 4.69) is 35.4 Å². The Morgan fingerprint density at radius 2 is 2.33 bits per heavy atom. The highest BCUT2D eigenvalue weighted by Crippen LogP contribution is 2.34. The van der Waals surface area contributed by atoms with E-state index in [-0.39, 0.29) is 0 Å². The van der Waals surface area contributed by atoms with Gasteiger partial charge in [-0.1, -0.05) is 11.6 Å². The van der Waals surface area contributed by atoms with E-state index in [0.717, 1.165) is 6.54 Å². The minimum absolute atomic E-state index is 0.445. The molecule has 2 aromatic rings. The van der Waals surface area contributed by atoms with Crippen molar-refractivity contribution in [2.24, 2.45) is 0 Å². The molecule has 0 amide bonds. The van der Waals surface area contributed by atoms with Gasteiger partial charge in [-0.25, -0.2) is 0 Å². The Hall–Kier alpha value is -0.990. The molecule has 0 saturated heterocycles. The van der Waals surface area contributed by atoms with E-state index < -0.39 is 0 Å². The van der Waals surface area contributed by atoms with Gasteiger partial charge in [-0.3, -0.25) is 0 Å². The maximum absolute atomic E-state index is 5.77. The molecule has 0 fully saturated rings. The van der Waals surface area contributed by atoms with Gasteiger partial charge >= 0.3 is 0 Å². The van der Waals surface area contributed by atoms with Gasteiger partial charge in [0.05, 0.1) is 0 Å². The monoisotopic (exact) mass is 262 g/mol. The number of aromatic nitrogens is 1. The Balaban J connectivity index is 2.04. The number of halogens is 1. The fraction of sp³-hybridized carbons (Fsp3) is 0.467. The molecule has 0 saturated carbocycles. The molecule has 1 heterocycles. The summed E-state index contributed by atoms with van der Waals surface area (Å²) in [4.78, 5) is 3.60. The number of rotatable bonds is 3. The van der Waals surface area contributed by atoms with E-state index in [1.54, 1.807) is 0 Å². The van der Waals surface area contributed by atoms with Crippen LogP contribution in [0, 0.1) is 6.92 Å². The summed E-state index contributed by atoms with van der Waals surface area (Å²) in [5.74, 6) is 0.672. The number of fused-ring (bicyclic) bond motifs is 3. The molecule has 0 unspecified atom stereocenters. The summed E-state index contributed by atoms with van der Waals surface area (Å²) in [6.07, 6.45) is 3.65. The minimum atomic E-state index is 0.445. The van der Waals surface area contributed by atoms with Crippen molar-refractivity contribution in [2.45, 2.75) is 32.2 Å². The SMILES string of the molecule is Cc1ccc2[nH]c3c(c2c1)CCC[C@@H]3NCCCl. The van der Waals surface area contributed by atoms with Crippen LogP contribution in [0.5, 0.6) is 0 Å². The second kappa shape index (κ2) is 4.94. The Morgan fingerprint density at radius 1 is 1.44 bits per heavy atom. The molecule has 1 aromatic heterocycles. The summed E-state index contributed by atoms with van der Waals surface area (Å²) in [7, 11) is 0. The van der Waals surface area contributed by atoms with Crippen LogP contribution in [-0.2, 0) is 6.42 Å². The number of alkyl halides is 1. The Kier molecular flexibility index (Phi) is 3.31. The van der Waals surface area contributed by atoms with Crippen molar-refractivity contribution < 1.29 is 0 Å². The molecule has 96 valence electrons. The van der Waals surface area contributed by atoms with Crippen molar-refractivity contribution in [1.29, 1.82) is 0 Å². The lowest BCUT2D eigenvalue weighted by Gasteiger charge is -2.23. The number of H-pyrrole nitrogens is 1. The van der Waals surface area contributed by atoms with Gasteiger partial charge in [-0.15, -0.1) is 11.6 Å². The van der Waals surface area contributed by atoms with Crippen LogP contribution in [0.2, 0.25) is 0 Å². The Morgan fingerprint density at radius 3 is 3.17 bits per heavy atom. The average molecular weight is 263 g/mol. The Labute approximate surface area is 113 Å².